The van der Waals surface area contributed by atoms with E-state index in [0.717, 1.165) is 16.1 Å². The van der Waals surface area contributed by atoms with Crippen molar-refractivity contribution in [1.82, 2.24) is 0 Å². The zero-order chi connectivity index (χ0) is 17.8. The highest BCUT2D eigenvalue weighted by Gasteiger charge is 2.29. The second-order valence-corrected chi connectivity index (χ2v) is 7.60. The first-order valence-corrected chi connectivity index (χ1v) is 9.22. The molecule has 130 valence electrons. The van der Waals surface area contributed by atoms with Crippen molar-refractivity contribution < 1.29 is 14.3 Å². The van der Waals surface area contributed by atoms with Crippen molar-refractivity contribution >= 4 is 29.3 Å². The minimum absolute atomic E-state index is 0.0644. The average Bonchev–Trinajstić information content (AvgIpc) is 2.61. The largest absolute Gasteiger partial charge is 0.461 e. The Bertz CT molecular complexity index is 771. The number of carbonyl (C=O) groups is 2. The van der Waals surface area contributed by atoms with Crippen molar-refractivity contribution in [1.29, 1.82) is 0 Å². The molecule has 2 aromatic rings. The van der Waals surface area contributed by atoms with Crippen molar-refractivity contribution in [2.45, 2.75) is 42.9 Å². The normalized spacial score (nSPS) is 16.3. The van der Waals surface area contributed by atoms with Crippen LogP contribution in [0.5, 0.6) is 0 Å². The fourth-order valence-electron chi connectivity index (χ4n) is 2.60. The van der Waals surface area contributed by atoms with Crippen LogP contribution in [0.3, 0.4) is 0 Å². The van der Waals surface area contributed by atoms with Gasteiger partial charge in [-0.3, -0.25) is 9.59 Å². The van der Waals surface area contributed by atoms with E-state index in [9.17, 15) is 9.59 Å². The van der Waals surface area contributed by atoms with E-state index < -0.39 is 5.25 Å². The molecular formula is C20H21NO3S. The van der Waals surface area contributed by atoms with Crippen molar-refractivity contribution in [3.63, 3.8) is 0 Å². The second-order valence-electron chi connectivity index (χ2n) is 6.35. The molecule has 0 aromatic heterocycles. The number of rotatable bonds is 5. The maximum Gasteiger partial charge on any atom is 0.307 e. The molecule has 0 spiro atoms. The highest BCUT2D eigenvalue weighted by molar-refractivity contribution is 8.01. The van der Waals surface area contributed by atoms with Gasteiger partial charge in [0.1, 0.15) is 6.61 Å². The first-order chi connectivity index (χ1) is 12.0. The SMILES string of the molecule is CC(C)c1ccc(COC(=O)C[C@@H]2Sc3ccccc3NC2=O)cc1. The lowest BCUT2D eigenvalue weighted by Gasteiger charge is -2.23. The number of amides is 1. The fourth-order valence-corrected chi connectivity index (χ4v) is 3.70. The number of hydrogen-bond donors (Lipinski definition) is 1. The Morgan fingerprint density at radius 2 is 1.88 bits per heavy atom. The van der Waals surface area contributed by atoms with Gasteiger partial charge in [0.15, 0.2) is 0 Å². The van der Waals surface area contributed by atoms with E-state index in [1.807, 2.05) is 36.4 Å². The molecule has 1 atom stereocenters. The van der Waals surface area contributed by atoms with E-state index in [-0.39, 0.29) is 24.9 Å². The number of carbonyl (C=O) groups excluding carboxylic acids is 2. The first kappa shape index (κ1) is 17.5. The highest BCUT2D eigenvalue weighted by Crippen LogP contribution is 2.36. The topological polar surface area (TPSA) is 55.4 Å². The third kappa shape index (κ3) is 4.42. The maximum atomic E-state index is 12.1. The van der Waals surface area contributed by atoms with E-state index >= 15 is 0 Å². The molecule has 0 bridgehead atoms. The summed E-state index contributed by atoms with van der Waals surface area (Å²) in [4.78, 5) is 25.2. The fraction of sp³-hybridized carbons (Fsp3) is 0.300. The summed E-state index contributed by atoms with van der Waals surface area (Å²) in [7, 11) is 0. The predicted octanol–water partition coefficient (Wildman–Crippen LogP) is 4.36. The summed E-state index contributed by atoms with van der Waals surface area (Å²) in [6.45, 7) is 4.51. The summed E-state index contributed by atoms with van der Waals surface area (Å²) in [5, 5.41) is 2.39. The molecule has 1 aliphatic rings. The van der Waals surface area contributed by atoms with Crippen LogP contribution in [0, 0.1) is 0 Å². The molecule has 1 amide bonds. The first-order valence-electron chi connectivity index (χ1n) is 8.34. The van der Waals surface area contributed by atoms with Crippen LogP contribution in [0.25, 0.3) is 0 Å². The van der Waals surface area contributed by atoms with Crippen molar-refractivity contribution in [2.24, 2.45) is 0 Å². The summed E-state index contributed by atoms with van der Waals surface area (Å²) in [5.41, 5.74) is 3.00. The number of anilines is 1. The number of esters is 1. The smallest absolute Gasteiger partial charge is 0.307 e. The molecule has 0 saturated carbocycles. The molecule has 5 heteroatoms. The van der Waals surface area contributed by atoms with Crippen LogP contribution in [0.4, 0.5) is 5.69 Å². The van der Waals surface area contributed by atoms with Crippen LogP contribution in [0.15, 0.2) is 53.4 Å². The Balaban J connectivity index is 1.53. The molecule has 0 saturated heterocycles. The van der Waals surface area contributed by atoms with Gasteiger partial charge in [0.05, 0.1) is 17.4 Å². The van der Waals surface area contributed by atoms with Gasteiger partial charge in [-0.25, -0.2) is 0 Å². The number of ether oxygens (including phenoxy) is 1. The number of benzene rings is 2. The molecule has 1 aliphatic heterocycles. The monoisotopic (exact) mass is 355 g/mol. The van der Waals surface area contributed by atoms with Crippen LogP contribution in [-0.2, 0) is 20.9 Å². The summed E-state index contributed by atoms with van der Waals surface area (Å²) in [6, 6.07) is 15.6. The van der Waals surface area contributed by atoms with E-state index in [2.05, 4.69) is 31.3 Å². The van der Waals surface area contributed by atoms with Crippen LogP contribution in [0.2, 0.25) is 0 Å². The molecule has 2 aromatic carbocycles. The molecule has 1 heterocycles. The molecule has 0 aliphatic carbocycles. The predicted molar refractivity (Wildman–Crippen MR) is 99.7 cm³/mol. The number of para-hydroxylation sites is 1. The van der Waals surface area contributed by atoms with Crippen molar-refractivity contribution in [2.75, 3.05) is 5.32 Å². The van der Waals surface area contributed by atoms with Crippen LogP contribution in [-0.4, -0.2) is 17.1 Å². The Kier molecular flexibility index (Phi) is 5.43. The van der Waals surface area contributed by atoms with Gasteiger partial charge < -0.3 is 10.1 Å². The molecular weight excluding hydrogens is 334 g/mol. The maximum absolute atomic E-state index is 12.1. The van der Waals surface area contributed by atoms with Gasteiger partial charge in [0, 0.05) is 4.90 Å². The van der Waals surface area contributed by atoms with Gasteiger partial charge in [-0.05, 0) is 29.2 Å². The summed E-state index contributed by atoms with van der Waals surface area (Å²) < 4.78 is 5.34. The Hall–Kier alpha value is -2.27. The second kappa shape index (κ2) is 7.74. The van der Waals surface area contributed by atoms with E-state index in [1.165, 1.54) is 17.3 Å². The quantitative estimate of drug-likeness (QED) is 0.810. The minimum Gasteiger partial charge on any atom is -0.461 e. The van der Waals surface area contributed by atoms with Gasteiger partial charge in [0.25, 0.3) is 0 Å². The van der Waals surface area contributed by atoms with E-state index in [4.69, 9.17) is 4.74 Å². The number of nitrogens with one attached hydrogen (secondary N) is 1. The van der Waals surface area contributed by atoms with E-state index in [0.29, 0.717) is 5.92 Å². The van der Waals surface area contributed by atoms with Crippen molar-refractivity contribution in [3.8, 4) is 0 Å². The average molecular weight is 355 g/mol. The van der Waals surface area contributed by atoms with Crippen LogP contribution < -0.4 is 5.32 Å². The van der Waals surface area contributed by atoms with E-state index in [1.54, 1.807) is 0 Å². The number of fused-ring (bicyclic) bond motifs is 1. The number of thioether (sulfide) groups is 1. The van der Waals surface area contributed by atoms with Gasteiger partial charge in [-0.15, -0.1) is 11.8 Å². The summed E-state index contributed by atoms with van der Waals surface area (Å²) >= 11 is 1.41. The van der Waals surface area contributed by atoms with Gasteiger partial charge in [-0.2, -0.15) is 0 Å². The van der Waals surface area contributed by atoms with Gasteiger partial charge in [-0.1, -0.05) is 50.2 Å². The molecule has 1 N–H and O–H groups in total. The standard InChI is InChI=1S/C20H21NO3S/c1-13(2)15-9-7-14(8-10-15)12-24-19(22)11-18-20(23)21-16-5-3-4-6-17(16)25-18/h3-10,13,18H,11-12H2,1-2H3,(H,21,23)/t18-/m0/s1. The Morgan fingerprint density at radius 3 is 2.60 bits per heavy atom. The Labute approximate surface area is 152 Å². The van der Waals surface area contributed by atoms with Crippen molar-refractivity contribution in [3.05, 3.63) is 59.7 Å². The lowest BCUT2D eigenvalue weighted by atomic mass is 10.0. The molecule has 0 unspecified atom stereocenters. The zero-order valence-electron chi connectivity index (χ0n) is 14.3. The third-order valence-corrected chi connectivity index (χ3v) is 5.38. The van der Waals surface area contributed by atoms with Gasteiger partial charge in [0.2, 0.25) is 5.91 Å². The lowest BCUT2D eigenvalue weighted by molar-refractivity contribution is -0.145. The molecule has 25 heavy (non-hydrogen) atoms. The molecule has 3 rings (SSSR count). The van der Waals surface area contributed by atoms with Crippen LogP contribution in [0.1, 0.15) is 37.3 Å². The van der Waals surface area contributed by atoms with Gasteiger partial charge >= 0.3 is 5.97 Å². The van der Waals surface area contributed by atoms with Crippen LogP contribution >= 0.6 is 11.8 Å². The molecule has 0 radical (unpaired) electrons. The number of hydrogen-bond acceptors (Lipinski definition) is 4. The summed E-state index contributed by atoms with van der Waals surface area (Å²) in [6.07, 6.45) is 0.0644. The zero-order valence-corrected chi connectivity index (χ0v) is 15.1. The molecule has 0 fully saturated rings. The minimum atomic E-state index is -0.453. The summed E-state index contributed by atoms with van der Waals surface area (Å²) in [5.74, 6) is -0.0387. The lowest BCUT2D eigenvalue weighted by Crippen LogP contribution is -2.31. The third-order valence-electron chi connectivity index (χ3n) is 4.10. The Morgan fingerprint density at radius 1 is 1.16 bits per heavy atom. The molecule has 4 nitrogen and oxygen atoms in total. The highest BCUT2D eigenvalue weighted by atomic mass is 32.2.